The predicted molar refractivity (Wildman–Crippen MR) is 78.9 cm³/mol. The Kier molecular flexibility index (Phi) is 5.29. The number of aromatic nitrogens is 2. The number of rotatable bonds is 5. The summed E-state index contributed by atoms with van der Waals surface area (Å²) in [4.78, 5) is 13.7. The quantitative estimate of drug-likeness (QED) is 0.827. The van der Waals surface area contributed by atoms with E-state index in [0.29, 0.717) is 11.6 Å². The van der Waals surface area contributed by atoms with E-state index >= 15 is 0 Å². The molecule has 1 aliphatic rings. The minimum atomic E-state index is -0.203. The zero-order valence-electron chi connectivity index (χ0n) is 12.2. The van der Waals surface area contributed by atoms with Gasteiger partial charge in [-0.15, -0.1) is 10.2 Å². The highest BCUT2D eigenvalue weighted by atomic mass is 16.1. The minimum absolute atomic E-state index is 0.203. The lowest BCUT2D eigenvalue weighted by Crippen LogP contribution is -2.36. The molecular formula is C14H23N5O. The van der Waals surface area contributed by atoms with Crippen LogP contribution in [-0.2, 0) is 0 Å². The van der Waals surface area contributed by atoms with Gasteiger partial charge in [0.25, 0.3) is 5.91 Å². The number of nitrogens with one attached hydrogen (secondary N) is 2. The van der Waals surface area contributed by atoms with Crippen molar-refractivity contribution in [3.8, 4) is 0 Å². The lowest BCUT2D eigenvalue weighted by Gasteiger charge is -2.29. The van der Waals surface area contributed by atoms with E-state index < -0.39 is 0 Å². The van der Waals surface area contributed by atoms with Gasteiger partial charge in [0.05, 0.1) is 0 Å². The summed E-state index contributed by atoms with van der Waals surface area (Å²) in [5.41, 5.74) is 0.356. The van der Waals surface area contributed by atoms with E-state index in [2.05, 4.69) is 32.7 Å². The number of nitrogens with zero attached hydrogens (tertiary/aromatic N) is 3. The van der Waals surface area contributed by atoms with Crippen LogP contribution in [0, 0.1) is 5.92 Å². The van der Waals surface area contributed by atoms with Crippen molar-refractivity contribution in [2.75, 3.05) is 38.1 Å². The third kappa shape index (κ3) is 3.66. The van der Waals surface area contributed by atoms with Crippen LogP contribution >= 0.6 is 0 Å². The summed E-state index contributed by atoms with van der Waals surface area (Å²) in [5.74, 6) is 1.35. The van der Waals surface area contributed by atoms with E-state index in [-0.39, 0.29) is 5.91 Å². The summed E-state index contributed by atoms with van der Waals surface area (Å²) in [6.07, 6.45) is 2.42. The maximum Gasteiger partial charge on any atom is 0.271 e. The molecule has 0 aromatic carbocycles. The molecule has 0 unspecified atom stereocenters. The van der Waals surface area contributed by atoms with Crippen LogP contribution in [0.2, 0.25) is 0 Å². The van der Waals surface area contributed by atoms with Crippen molar-refractivity contribution in [1.82, 2.24) is 20.8 Å². The Labute approximate surface area is 120 Å². The first kappa shape index (κ1) is 14.7. The van der Waals surface area contributed by atoms with Crippen LogP contribution in [0.15, 0.2) is 12.1 Å². The largest absolute Gasteiger partial charge is 0.355 e. The van der Waals surface area contributed by atoms with Crippen LogP contribution in [0.25, 0.3) is 0 Å². The summed E-state index contributed by atoms with van der Waals surface area (Å²) in [6, 6.07) is 3.61. The molecule has 0 aliphatic carbocycles. The second-order valence-electron chi connectivity index (χ2n) is 5.09. The molecule has 20 heavy (non-hydrogen) atoms. The van der Waals surface area contributed by atoms with E-state index in [9.17, 15) is 4.79 Å². The summed E-state index contributed by atoms with van der Waals surface area (Å²) in [5, 5.41) is 14.1. The van der Waals surface area contributed by atoms with Crippen molar-refractivity contribution in [3.05, 3.63) is 17.8 Å². The van der Waals surface area contributed by atoms with Gasteiger partial charge < -0.3 is 15.5 Å². The molecule has 0 atom stereocenters. The SMILES string of the molecule is CCN(CC1CCNCC1)c1ccc(C(=O)NC)nn1. The molecule has 1 fully saturated rings. The molecule has 1 amide bonds. The fraction of sp³-hybridized carbons (Fsp3) is 0.643. The molecule has 2 heterocycles. The van der Waals surface area contributed by atoms with Gasteiger partial charge in [-0.1, -0.05) is 0 Å². The van der Waals surface area contributed by atoms with E-state index in [0.717, 1.165) is 32.0 Å². The lowest BCUT2D eigenvalue weighted by molar-refractivity contribution is 0.0957. The molecule has 2 N–H and O–H groups in total. The van der Waals surface area contributed by atoms with Gasteiger partial charge in [0, 0.05) is 20.1 Å². The Bertz CT molecular complexity index is 428. The highest BCUT2D eigenvalue weighted by Crippen LogP contribution is 2.17. The van der Waals surface area contributed by atoms with Crippen molar-refractivity contribution < 1.29 is 4.79 Å². The molecule has 6 heteroatoms. The number of piperidine rings is 1. The monoisotopic (exact) mass is 277 g/mol. The maximum absolute atomic E-state index is 11.4. The van der Waals surface area contributed by atoms with Gasteiger partial charge in [0.15, 0.2) is 11.5 Å². The number of hydrogen-bond donors (Lipinski definition) is 2. The van der Waals surface area contributed by atoms with E-state index in [1.807, 2.05) is 6.07 Å². The highest BCUT2D eigenvalue weighted by Gasteiger charge is 2.17. The molecule has 0 radical (unpaired) electrons. The smallest absolute Gasteiger partial charge is 0.271 e. The number of carbonyl (C=O) groups excluding carboxylic acids is 1. The van der Waals surface area contributed by atoms with Gasteiger partial charge in [-0.05, 0) is 50.9 Å². The van der Waals surface area contributed by atoms with Crippen molar-refractivity contribution in [1.29, 1.82) is 0 Å². The Morgan fingerprint density at radius 2 is 2.15 bits per heavy atom. The highest BCUT2D eigenvalue weighted by molar-refractivity contribution is 5.91. The van der Waals surface area contributed by atoms with Gasteiger partial charge in [0.1, 0.15) is 0 Å². The molecule has 1 aromatic rings. The molecule has 110 valence electrons. The van der Waals surface area contributed by atoms with Crippen LogP contribution in [0.5, 0.6) is 0 Å². The molecule has 0 spiro atoms. The third-order valence-corrected chi connectivity index (χ3v) is 3.75. The second-order valence-corrected chi connectivity index (χ2v) is 5.09. The van der Waals surface area contributed by atoms with E-state index in [1.54, 1.807) is 13.1 Å². The van der Waals surface area contributed by atoms with Gasteiger partial charge in [-0.25, -0.2) is 0 Å². The topological polar surface area (TPSA) is 70.2 Å². The Morgan fingerprint density at radius 1 is 1.40 bits per heavy atom. The maximum atomic E-state index is 11.4. The number of hydrogen-bond acceptors (Lipinski definition) is 5. The van der Waals surface area contributed by atoms with Crippen molar-refractivity contribution >= 4 is 11.7 Å². The zero-order chi connectivity index (χ0) is 14.4. The normalized spacial score (nSPS) is 15.9. The molecule has 1 aromatic heterocycles. The fourth-order valence-corrected chi connectivity index (χ4v) is 2.50. The first-order valence-electron chi connectivity index (χ1n) is 7.26. The minimum Gasteiger partial charge on any atom is -0.355 e. The number of carbonyl (C=O) groups is 1. The van der Waals surface area contributed by atoms with Crippen molar-refractivity contribution in [3.63, 3.8) is 0 Å². The average molecular weight is 277 g/mol. The van der Waals surface area contributed by atoms with E-state index in [1.165, 1.54) is 12.8 Å². The van der Waals surface area contributed by atoms with Crippen LogP contribution in [0.4, 0.5) is 5.82 Å². The predicted octanol–water partition coefficient (Wildman–Crippen LogP) is 0.662. The Morgan fingerprint density at radius 3 is 2.70 bits per heavy atom. The molecular weight excluding hydrogens is 254 g/mol. The Hall–Kier alpha value is -1.69. The molecule has 2 rings (SSSR count). The lowest BCUT2D eigenvalue weighted by atomic mass is 9.97. The molecule has 0 saturated carbocycles. The third-order valence-electron chi connectivity index (χ3n) is 3.75. The summed E-state index contributed by atoms with van der Waals surface area (Å²) in [6.45, 7) is 6.23. The van der Waals surface area contributed by atoms with Crippen molar-refractivity contribution in [2.45, 2.75) is 19.8 Å². The second kappa shape index (κ2) is 7.19. The van der Waals surface area contributed by atoms with Gasteiger partial charge in [0.2, 0.25) is 0 Å². The van der Waals surface area contributed by atoms with Crippen LogP contribution in [-0.4, -0.2) is 49.3 Å². The molecule has 6 nitrogen and oxygen atoms in total. The summed E-state index contributed by atoms with van der Waals surface area (Å²) >= 11 is 0. The number of amides is 1. The van der Waals surface area contributed by atoms with Crippen LogP contribution in [0.1, 0.15) is 30.3 Å². The van der Waals surface area contributed by atoms with Crippen LogP contribution < -0.4 is 15.5 Å². The van der Waals surface area contributed by atoms with Crippen molar-refractivity contribution in [2.24, 2.45) is 5.92 Å². The van der Waals surface area contributed by atoms with Gasteiger partial charge in [-0.2, -0.15) is 0 Å². The molecule has 0 bridgehead atoms. The van der Waals surface area contributed by atoms with Crippen LogP contribution in [0.3, 0.4) is 0 Å². The molecule has 1 aliphatic heterocycles. The van der Waals surface area contributed by atoms with Gasteiger partial charge in [-0.3, -0.25) is 4.79 Å². The first-order valence-corrected chi connectivity index (χ1v) is 7.26. The standard InChI is InChI=1S/C14H23N5O/c1-3-19(10-11-6-8-16-9-7-11)13-5-4-12(17-18-13)14(20)15-2/h4-5,11,16H,3,6-10H2,1-2H3,(H,15,20). The molecule has 1 saturated heterocycles. The zero-order valence-corrected chi connectivity index (χ0v) is 12.2. The van der Waals surface area contributed by atoms with Gasteiger partial charge >= 0.3 is 0 Å². The summed E-state index contributed by atoms with van der Waals surface area (Å²) in [7, 11) is 1.59. The fourth-order valence-electron chi connectivity index (χ4n) is 2.50. The summed E-state index contributed by atoms with van der Waals surface area (Å²) < 4.78 is 0. The Balaban J connectivity index is 2.01. The van der Waals surface area contributed by atoms with E-state index in [4.69, 9.17) is 0 Å². The average Bonchev–Trinajstić information content (AvgIpc) is 2.53. The number of anilines is 1. The first-order chi connectivity index (χ1) is 9.74.